The van der Waals surface area contributed by atoms with E-state index in [0.717, 1.165) is 11.3 Å². The van der Waals surface area contributed by atoms with Crippen molar-refractivity contribution < 1.29 is 24.3 Å². The molecule has 172 valence electrons. The maximum Gasteiger partial charge on any atom is 0.316 e. The van der Waals surface area contributed by atoms with Crippen LogP contribution in [0.3, 0.4) is 0 Å². The molecule has 0 aliphatic carbocycles. The van der Waals surface area contributed by atoms with Crippen LogP contribution in [-0.2, 0) is 25.8 Å². The number of anilines is 1. The van der Waals surface area contributed by atoms with Gasteiger partial charge in [0.25, 0.3) is 5.91 Å². The first kappa shape index (κ1) is 22.7. The van der Waals surface area contributed by atoms with Gasteiger partial charge in [-0.3, -0.25) is 19.4 Å². The van der Waals surface area contributed by atoms with E-state index in [9.17, 15) is 19.5 Å². The smallest absolute Gasteiger partial charge is 0.316 e. The first-order valence-corrected chi connectivity index (χ1v) is 11.7. The van der Waals surface area contributed by atoms with Crippen molar-refractivity contribution in [3.63, 3.8) is 0 Å². The Hall–Kier alpha value is -3.45. The molecular formula is C20H20N6O5S2. The van der Waals surface area contributed by atoms with Gasteiger partial charge in [0.2, 0.25) is 5.91 Å². The molecule has 2 aliphatic heterocycles. The van der Waals surface area contributed by atoms with Crippen LogP contribution >= 0.6 is 23.1 Å². The quantitative estimate of drug-likeness (QED) is 0.210. The lowest BCUT2D eigenvalue weighted by atomic mass is 9.87. The van der Waals surface area contributed by atoms with Crippen molar-refractivity contribution >= 4 is 51.7 Å². The number of nitrogens with two attached hydrogens (primary N) is 1. The number of aliphatic carboxylic acids is 1. The summed E-state index contributed by atoms with van der Waals surface area (Å²) in [5.74, 6) is -1.83. The van der Waals surface area contributed by atoms with Gasteiger partial charge in [-0.25, -0.2) is 4.98 Å². The highest BCUT2D eigenvalue weighted by molar-refractivity contribution is 8.00. The van der Waals surface area contributed by atoms with Crippen LogP contribution in [0.25, 0.3) is 0 Å². The molecule has 0 bridgehead atoms. The Bertz CT molecular complexity index is 1120. The summed E-state index contributed by atoms with van der Waals surface area (Å²) >= 11 is 2.41. The highest BCUT2D eigenvalue weighted by Crippen LogP contribution is 2.42. The number of oxime groups is 1. The third-order valence-corrected chi connectivity index (χ3v) is 7.51. The number of rotatable bonds is 8. The van der Waals surface area contributed by atoms with E-state index in [4.69, 9.17) is 10.6 Å². The van der Waals surface area contributed by atoms with Crippen molar-refractivity contribution in [3.05, 3.63) is 53.8 Å². The summed E-state index contributed by atoms with van der Waals surface area (Å²) in [5.41, 5.74) is 5.19. The normalized spacial score (nSPS) is 24.4. The third kappa shape index (κ3) is 4.41. The summed E-state index contributed by atoms with van der Waals surface area (Å²) in [6.45, 7) is 3.65. The number of fused-ring (bicyclic) bond motifs is 1. The van der Waals surface area contributed by atoms with Crippen LogP contribution in [-0.4, -0.2) is 67.2 Å². The minimum absolute atomic E-state index is 0.00541. The van der Waals surface area contributed by atoms with E-state index in [1.54, 1.807) is 29.8 Å². The van der Waals surface area contributed by atoms with E-state index in [0.29, 0.717) is 5.69 Å². The van der Waals surface area contributed by atoms with Gasteiger partial charge in [0.15, 0.2) is 17.5 Å². The topological polar surface area (TPSA) is 160 Å². The first-order valence-electron chi connectivity index (χ1n) is 9.76. The van der Waals surface area contributed by atoms with Crippen LogP contribution in [0, 0.1) is 5.41 Å². The SMILES string of the molecule is C=CC1(C(=O)O)CS[C@@H]2C(NC(=O)C(=NOCc3ccccn3)c3csc(N)n3)C(=O)N2C1. The number of nitrogen functional groups attached to an aromatic ring is 1. The number of thioether (sulfide) groups is 1. The number of nitrogens with zero attached hydrogens (tertiary/aromatic N) is 4. The molecule has 11 nitrogen and oxygen atoms in total. The third-order valence-electron chi connectivity index (χ3n) is 5.28. The Kier molecular flexibility index (Phi) is 6.33. The maximum atomic E-state index is 13.0. The van der Waals surface area contributed by atoms with Crippen LogP contribution < -0.4 is 11.1 Å². The molecule has 2 aromatic rings. The molecule has 0 saturated carbocycles. The average Bonchev–Trinajstić information content (AvgIpc) is 3.25. The number of hydrogen-bond donors (Lipinski definition) is 3. The number of carboxylic acid groups (broad SMARTS) is 1. The monoisotopic (exact) mass is 488 g/mol. The van der Waals surface area contributed by atoms with Crippen LogP contribution in [0.1, 0.15) is 11.4 Å². The molecule has 2 aromatic heterocycles. The second-order valence-electron chi connectivity index (χ2n) is 7.39. The van der Waals surface area contributed by atoms with E-state index < -0.39 is 23.3 Å². The van der Waals surface area contributed by atoms with Crippen molar-refractivity contribution in [2.24, 2.45) is 10.6 Å². The fourth-order valence-corrected chi connectivity index (χ4v) is 5.48. The number of β-lactam (4-membered cyclic amide) rings is 1. The van der Waals surface area contributed by atoms with Gasteiger partial charge in [-0.1, -0.05) is 17.3 Å². The molecule has 2 amide bonds. The Balaban J connectivity index is 1.46. The van der Waals surface area contributed by atoms with E-state index >= 15 is 0 Å². The number of thiazole rings is 1. The molecule has 4 N–H and O–H groups in total. The maximum absolute atomic E-state index is 13.0. The largest absolute Gasteiger partial charge is 0.481 e. The first-order chi connectivity index (χ1) is 15.8. The Morgan fingerprint density at radius 3 is 2.94 bits per heavy atom. The van der Waals surface area contributed by atoms with Gasteiger partial charge in [0.05, 0.1) is 5.69 Å². The lowest BCUT2D eigenvalue weighted by molar-refractivity contribution is -0.156. The van der Waals surface area contributed by atoms with Gasteiger partial charge in [-0.15, -0.1) is 29.7 Å². The van der Waals surface area contributed by atoms with E-state index in [1.807, 2.05) is 0 Å². The Labute approximate surface area is 196 Å². The number of carboxylic acids is 1. The molecule has 2 aliphatic rings. The molecular weight excluding hydrogens is 468 g/mol. The van der Waals surface area contributed by atoms with E-state index in [2.05, 4.69) is 27.0 Å². The number of aromatic nitrogens is 2. The standard InChI is InChI=1S/C20H20N6O5S2/c1-2-20(18(29)30)9-26-16(28)14(17(26)33-10-20)24-15(27)13(12-8-32-19(21)23-12)25-31-7-11-5-3-4-6-22-11/h2-6,8,14,17H,1,7,9-10H2,(H2,21,23)(H,24,27)(H,29,30)/t14?,17-,20?/m1/s1. The van der Waals surface area contributed by atoms with E-state index in [-0.39, 0.29) is 46.7 Å². The van der Waals surface area contributed by atoms with Crippen LogP contribution in [0.15, 0.2) is 47.6 Å². The number of carbonyl (C=O) groups excluding carboxylic acids is 2. The summed E-state index contributed by atoms with van der Waals surface area (Å²) < 4.78 is 0. The molecule has 4 heterocycles. The van der Waals surface area contributed by atoms with Crippen molar-refractivity contribution in [1.82, 2.24) is 20.2 Å². The summed E-state index contributed by atoms with van der Waals surface area (Å²) in [6.07, 6.45) is 2.96. The fourth-order valence-electron chi connectivity index (χ4n) is 3.39. The Morgan fingerprint density at radius 1 is 1.48 bits per heavy atom. The van der Waals surface area contributed by atoms with Gasteiger partial charge in [0.1, 0.15) is 22.5 Å². The van der Waals surface area contributed by atoms with Crippen LogP contribution in [0.2, 0.25) is 0 Å². The van der Waals surface area contributed by atoms with Crippen molar-refractivity contribution in [2.75, 3.05) is 18.0 Å². The van der Waals surface area contributed by atoms with Gasteiger partial charge >= 0.3 is 5.97 Å². The molecule has 4 rings (SSSR count). The number of amides is 2. The molecule has 2 fully saturated rings. The second kappa shape index (κ2) is 9.19. The minimum Gasteiger partial charge on any atom is -0.481 e. The van der Waals surface area contributed by atoms with Crippen LogP contribution in [0.5, 0.6) is 0 Å². The molecule has 2 unspecified atom stereocenters. The number of hydrogen-bond acceptors (Lipinski definition) is 10. The summed E-state index contributed by atoms with van der Waals surface area (Å²) in [4.78, 5) is 52.3. The zero-order valence-electron chi connectivity index (χ0n) is 17.2. The van der Waals surface area contributed by atoms with Crippen LogP contribution in [0.4, 0.5) is 5.13 Å². The molecule has 13 heteroatoms. The predicted molar refractivity (Wildman–Crippen MR) is 122 cm³/mol. The van der Waals surface area contributed by atoms with Gasteiger partial charge in [-0.2, -0.15) is 0 Å². The van der Waals surface area contributed by atoms with Gasteiger partial charge < -0.3 is 25.9 Å². The number of nitrogens with one attached hydrogen (secondary N) is 1. The predicted octanol–water partition coefficient (Wildman–Crippen LogP) is 0.698. The average molecular weight is 489 g/mol. The zero-order valence-corrected chi connectivity index (χ0v) is 18.8. The zero-order chi connectivity index (χ0) is 23.6. The van der Waals surface area contributed by atoms with E-state index in [1.165, 1.54) is 22.7 Å². The summed E-state index contributed by atoms with van der Waals surface area (Å²) in [7, 11) is 0. The lowest BCUT2D eigenvalue weighted by Crippen LogP contribution is -2.73. The molecule has 0 aromatic carbocycles. The Morgan fingerprint density at radius 2 is 2.30 bits per heavy atom. The van der Waals surface area contributed by atoms with Crippen molar-refractivity contribution in [2.45, 2.75) is 18.0 Å². The molecule has 0 radical (unpaired) electrons. The fraction of sp³-hybridized carbons (Fsp3) is 0.300. The lowest BCUT2D eigenvalue weighted by Gasteiger charge is -2.53. The molecule has 3 atom stereocenters. The number of carbonyl (C=O) groups is 3. The van der Waals surface area contributed by atoms with Crippen molar-refractivity contribution in [3.8, 4) is 0 Å². The second-order valence-corrected chi connectivity index (χ2v) is 9.38. The highest BCUT2D eigenvalue weighted by Gasteiger charge is 2.56. The molecule has 33 heavy (non-hydrogen) atoms. The number of pyridine rings is 1. The molecule has 0 spiro atoms. The summed E-state index contributed by atoms with van der Waals surface area (Å²) in [5, 5.41) is 17.6. The highest BCUT2D eigenvalue weighted by atomic mass is 32.2. The minimum atomic E-state index is -1.21. The van der Waals surface area contributed by atoms with Gasteiger partial charge in [-0.05, 0) is 12.1 Å². The summed E-state index contributed by atoms with van der Waals surface area (Å²) in [6, 6.07) is 4.49. The molecule has 2 saturated heterocycles. The van der Waals surface area contributed by atoms with Gasteiger partial charge in [0, 0.05) is 23.9 Å². The van der Waals surface area contributed by atoms with Crippen molar-refractivity contribution in [1.29, 1.82) is 0 Å².